The first-order chi connectivity index (χ1) is 14.2. The number of aromatic amines is 1. The van der Waals surface area contributed by atoms with Gasteiger partial charge in [0.25, 0.3) is 5.56 Å². The third-order valence-electron chi connectivity index (χ3n) is 5.48. The number of fused-ring (bicyclic) bond motifs is 3. The molecule has 2 amide bonds. The lowest BCUT2D eigenvalue weighted by Gasteiger charge is -2.32. The number of carbonyl (C=O) groups excluding carboxylic acids is 1. The van der Waals surface area contributed by atoms with E-state index in [2.05, 4.69) is 20.3 Å². The minimum Gasteiger partial charge on any atom is -0.346 e. The number of urea groups is 1. The van der Waals surface area contributed by atoms with Crippen LogP contribution in [-0.4, -0.2) is 56.3 Å². The van der Waals surface area contributed by atoms with Crippen molar-refractivity contribution < 1.29 is 18.0 Å². The van der Waals surface area contributed by atoms with Crippen LogP contribution >= 0.6 is 0 Å². The van der Waals surface area contributed by atoms with E-state index < -0.39 is 18.8 Å². The predicted octanol–water partition coefficient (Wildman–Crippen LogP) is 2.96. The molecule has 4 rings (SSSR count). The molecule has 3 aromatic rings. The van der Waals surface area contributed by atoms with Gasteiger partial charge in [0.2, 0.25) is 0 Å². The Morgan fingerprint density at radius 1 is 1.27 bits per heavy atom. The number of amides is 2. The molecule has 3 aromatic heterocycles. The van der Waals surface area contributed by atoms with Crippen molar-refractivity contribution in [2.75, 3.05) is 13.6 Å². The lowest BCUT2D eigenvalue weighted by Crippen LogP contribution is -2.47. The summed E-state index contributed by atoms with van der Waals surface area (Å²) in [5.74, 6) is 0. The quantitative estimate of drug-likeness (QED) is 0.678. The molecule has 0 spiro atoms. The number of halogens is 3. The zero-order chi connectivity index (χ0) is 21.5. The Balaban J connectivity index is 1.50. The number of rotatable bonds is 3. The largest absolute Gasteiger partial charge is 0.406 e. The highest BCUT2D eigenvalue weighted by atomic mass is 19.4. The molecule has 160 valence electrons. The summed E-state index contributed by atoms with van der Waals surface area (Å²) in [7, 11) is 1.12. The molecule has 0 aromatic carbocycles. The van der Waals surface area contributed by atoms with Gasteiger partial charge in [-0.15, -0.1) is 0 Å². The number of nitrogens with one attached hydrogen (secondary N) is 2. The number of hydrogen-bond acceptors (Lipinski definition) is 4. The number of hydrogen-bond donors (Lipinski definition) is 2. The average molecular weight is 422 g/mol. The Morgan fingerprint density at radius 2 is 2.00 bits per heavy atom. The van der Waals surface area contributed by atoms with Gasteiger partial charge in [-0.2, -0.15) is 13.2 Å². The SMILES string of the molecule is CN(CC(F)(F)F)C(=O)NC1CCC(n2c(=O)cnc3cnc4[nH]ccc4c32)CC1. The molecule has 8 nitrogen and oxygen atoms in total. The second-order valence-electron chi connectivity index (χ2n) is 7.62. The van der Waals surface area contributed by atoms with Crippen LogP contribution in [-0.2, 0) is 0 Å². The van der Waals surface area contributed by atoms with Crippen molar-refractivity contribution in [3.05, 3.63) is 35.0 Å². The predicted molar refractivity (Wildman–Crippen MR) is 104 cm³/mol. The number of carbonyl (C=O) groups is 1. The molecule has 30 heavy (non-hydrogen) atoms. The zero-order valence-corrected chi connectivity index (χ0v) is 16.2. The maximum atomic E-state index is 12.7. The van der Waals surface area contributed by atoms with Crippen LogP contribution in [0, 0.1) is 0 Å². The summed E-state index contributed by atoms with van der Waals surface area (Å²) in [6.07, 6.45) is 2.56. The number of nitrogens with zero attached hydrogens (tertiary/aromatic N) is 4. The van der Waals surface area contributed by atoms with Gasteiger partial charge in [-0.25, -0.2) is 14.8 Å². The monoisotopic (exact) mass is 422 g/mol. The van der Waals surface area contributed by atoms with E-state index in [0.29, 0.717) is 47.3 Å². The van der Waals surface area contributed by atoms with Gasteiger partial charge >= 0.3 is 12.2 Å². The Morgan fingerprint density at radius 3 is 2.70 bits per heavy atom. The molecule has 1 aliphatic carbocycles. The summed E-state index contributed by atoms with van der Waals surface area (Å²) < 4.78 is 39.1. The molecule has 1 fully saturated rings. The Kier molecular flexibility index (Phi) is 5.12. The van der Waals surface area contributed by atoms with Crippen molar-refractivity contribution in [1.29, 1.82) is 0 Å². The van der Waals surface area contributed by atoms with Gasteiger partial charge in [-0.3, -0.25) is 4.79 Å². The molecule has 0 aliphatic heterocycles. The first-order valence-electron chi connectivity index (χ1n) is 9.64. The second kappa shape index (κ2) is 7.62. The molecule has 0 saturated heterocycles. The number of alkyl halides is 3. The summed E-state index contributed by atoms with van der Waals surface area (Å²) >= 11 is 0. The van der Waals surface area contributed by atoms with Gasteiger partial charge in [0.1, 0.15) is 17.7 Å². The van der Waals surface area contributed by atoms with Crippen LogP contribution in [0.2, 0.25) is 0 Å². The fraction of sp³-hybridized carbons (Fsp3) is 0.474. The molecular formula is C19H21F3N6O2. The van der Waals surface area contributed by atoms with E-state index in [1.165, 1.54) is 6.20 Å². The lowest BCUT2D eigenvalue weighted by atomic mass is 9.90. The van der Waals surface area contributed by atoms with Crippen LogP contribution in [0.25, 0.3) is 22.1 Å². The van der Waals surface area contributed by atoms with E-state index >= 15 is 0 Å². The summed E-state index contributed by atoms with van der Waals surface area (Å²) in [5, 5.41) is 3.47. The van der Waals surface area contributed by atoms with E-state index in [4.69, 9.17) is 0 Å². The van der Waals surface area contributed by atoms with Crippen molar-refractivity contribution in [3.8, 4) is 0 Å². The van der Waals surface area contributed by atoms with E-state index in [0.717, 1.165) is 12.4 Å². The molecule has 2 N–H and O–H groups in total. The third-order valence-corrected chi connectivity index (χ3v) is 5.48. The summed E-state index contributed by atoms with van der Waals surface area (Å²) in [6.45, 7) is -1.30. The van der Waals surface area contributed by atoms with Crippen LogP contribution in [0.5, 0.6) is 0 Å². The third kappa shape index (κ3) is 3.96. The summed E-state index contributed by atoms with van der Waals surface area (Å²) in [5.41, 5.74) is 1.78. The van der Waals surface area contributed by atoms with Crippen LogP contribution in [0.15, 0.2) is 29.5 Å². The highest BCUT2D eigenvalue weighted by Crippen LogP contribution is 2.31. The second-order valence-corrected chi connectivity index (χ2v) is 7.62. The van der Waals surface area contributed by atoms with Gasteiger partial charge in [-0.05, 0) is 31.7 Å². The Labute approximate surface area is 169 Å². The number of H-pyrrole nitrogens is 1. The highest BCUT2D eigenvalue weighted by Gasteiger charge is 2.32. The van der Waals surface area contributed by atoms with Crippen LogP contribution < -0.4 is 10.9 Å². The van der Waals surface area contributed by atoms with Crippen molar-refractivity contribution in [1.82, 2.24) is 29.7 Å². The molecule has 1 saturated carbocycles. The maximum absolute atomic E-state index is 12.7. The van der Waals surface area contributed by atoms with Crippen LogP contribution in [0.4, 0.5) is 18.0 Å². The smallest absolute Gasteiger partial charge is 0.346 e. The first-order valence-corrected chi connectivity index (χ1v) is 9.64. The zero-order valence-electron chi connectivity index (χ0n) is 16.2. The molecule has 3 heterocycles. The minimum absolute atomic E-state index is 0.0930. The van der Waals surface area contributed by atoms with Crippen molar-refractivity contribution in [3.63, 3.8) is 0 Å². The molecule has 11 heteroatoms. The maximum Gasteiger partial charge on any atom is 0.406 e. The van der Waals surface area contributed by atoms with Gasteiger partial charge in [0.05, 0.1) is 17.9 Å². The van der Waals surface area contributed by atoms with Crippen LogP contribution in [0.1, 0.15) is 31.7 Å². The van der Waals surface area contributed by atoms with Gasteiger partial charge in [0, 0.05) is 30.7 Å². The Hall–Kier alpha value is -3.11. The normalized spacial score (nSPS) is 19.9. The van der Waals surface area contributed by atoms with Gasteiger partial charge in [0.15, 0.2) is 0 Å². The number of aromatic nitrogens is 4. The number of pyridine rings is 1. The summed E-state index contributed by atoms with van der Waals surface area (Å²) in [4.78, 5) is 36.9. The average Bonchev–Trinajstić information content (AvgIpc) is 3.16. The van der Waals surface area contributed by atoms with Crippen LogP contribution in [0.3, 0.4) is 0 Å². The van der Waals surface area contributed by atoms with Crippen molar-refractivity contribution >= 4 is 28.1 Å². The van der Waals surface area contributed by atoms with E-state index in [1.54, 1.807) is 17.0 Å². The van der Waals surface area contributed by atoms with E-state index in [1.807, 2.05) is 6.07 Å². The van der Waals surface area contributed by atoms with Crippen molar-refractivity contribution in [2.45, 2.75) is 43.9 Å². The van der Waals surface area contributed by atoms with E-state index in [-0.39, 0.29) is 17.6 Å². The molecule has 0 bridgehead atoms. The lowest BCUT2D eigenvalue weighted by molar-refractivity contribution is -0.137. The Bertz CT molecular complexity index is 1130. The standard InChI is InChI=1S/C19H21F3N6O2/c1-27(10-19(20,21)22)18(30)26-11-2-4-12(5-3-11)28-15(29)9-24-14-8-25-17-13(16(14)28)6-7-23-17/h6-9,11-12H,2-5,10H2,1H3,(H,23,25)(H,26,30). The minimum atomic E-state index is -4.44. The summed E-state index contributed by atoms with van der Waals surface area (Å²) in [6, 6.07) is 0.777. The molecule has 0 unspecified atom stereocenters. The molecule has 0 atom stereocenters. The topological polar surface area (TPSA) is 95.9 Å². The molecular weight excluding hydrogens is 401 g/mol. The van der Waals surface area contributed by atoms with Gasteiger partial charge in [-0.1, -0.05) is 0 Å². The fourth-order valence-electron chi connectivity index (χ4n) is 4.09. The van der Waals surface area contributed by atoms with E-state index in [9.17, 15) is 22.8 Å². The molecule has 1 aliphatic rings. The first kappa shape index (κ1) is 20.2. The molecule has 0 radical (unpaired) electrons. The highest BCUT2D eigenvalue weighted by molar-refractivity contribution is 6.00. The fourth-order valence-corrected chi connectivity index (χ4v) is 4.09. The van der Waals surface area contributed by atoms with Crippen molar-refractivity contribution in [2.24, 2.45) is 0 Å². The van der Waals surface area contributed by atoms with Gasteiger partial charge < -0.3 is 19.8 Å².